The topological polar surface area (TPSA) is 75.6 Å². The maximum Gasteiger partial charge on any atom is 0.573 e. The van der Waals surface area contributed by atoms with Gasteiger partial charge in [-0.3, -0.25) is 0 Å². The molecular weight excluding hydrogens is 359 g/mol. The molecule has 0 aromatic heterocycles. The van der Waals surface area contributed by atoms with Crippen LogP contribution in [0, 0.1) is 0 Å². The number of aliphatic hydroxyl groups is 1. The van der Waals surface area contributed by atoms with E-state index in [4.69, 9.17) is 0 Å². The molecule has 0 radical (unpaired) electrons. The smallest absolute Gasteiger partial charge is 0.406 e. The lowest BCUT2D eigenvalue weighted by atomic mass is 9.97. The molecule has 0 aliphatic carbocycles. The van der Waals surface area contributed by atoms with Crippen molar-refractivity contribution in [3.05, 3.63) is 60.2 Å². The first-order valence-electron chi connectivity index (χ1n) is 7.13. The molecule has 1 unspecified atom stereocenters. The Morgan fingerprint density at radius 3 is 2.12 bits per heavy atom. The Morgan fingerprint density at radius 1 is 1.04 bits per heavy atom. The molecule has 1 atom stereocenters. The van der Waals surface area contributed by atoms with Gasteiger partial charge in [0.2, 0.25) is 10.0 Å². The molecule has 0 bridgehead atoms. The van der Waals surface area contributed by atoms with E-state index in [0.717, 1.165) is 24.3 Å². The van der Waals surface area contributed by atoms with Crippen LogP contribution in [0.25, 0.3) is 0 Å². The van der Waals surface area contributed by atoms with Gasteiger partial charge in [0.15, 0.2) is 0 Å². The zero-order valence-electron chi connectivity index (χ0n) is 13.1. The van der Waals surface area contributed by atoms with Gasteiger partial charge < -0.3 is 9.84 Å². The summed E-state index contributed by atoms with van der Waals surface area (Å²) in [6, 6.07) is 12.2. The molecule has 2 rings (SSSR count). The Labute approximate surface area is 143 Å². The minimum atomic E-state index is -4.85. The monoisotopic (exact) mass is 375 g/mol. The second-order valence-electron chi connectivity index (χ2n) is 5.48. The van der Waals surface area contributed by atoms with Crippen molar-refractivity contribution < 1.29 is 31.4 Å². The number of rotatable bonds is 6. The van der Waals surface area contributed by atoms with Gasteiger partial charge in [0.05, 0.1) is 4.90 Å². The molecule has 0 aliphatic rings. The van der Waals surface area contributed by atoms with Gasteiger partial charge in [-0.25, -0.2) is 13.1 Å². The fourth-order valence-electron chi connectivity index (χ4n) is 2.04. The van der Waals surface area contributed by atoms with E-state index in [2.05, 4.69) is 9.46 Å². The highest BCUT2D eigenvalue weighted by Crippen LogP contribution is 2.24. The van der Waals surface area contributed by atoms with Crippen molar-refractivity contribution in [2.75, 3.05) is 6.54 Å². The van der Waals surface area contributed by atoms with E-state index in [1.807, 2.05) is 0 Å². The first-order valence-corrected chi connectivity index (χ1v) is 8.61. The Balaban J connectivity index is 2.09. The van der Waals surface area contributed by atoms with Gasteiger partial charge in [-0.15, -0.1) is 13.2 Å². The van der Waals surface area contributed by atoms with E-state index < -0.39 is 27.7 Å². The largest absolute Gasteiger partial charge is 0.573 e. The van der Waals surface area contributed by atoms with Gasteiger partial charge in [0, 0.05) is 6.54 Å². The van der Waals surface area contributed by atoms with Crippen molar-refractivity contribution in [1.82, 2.24) is 4.72 Å². The van der Waals surface area contributed by atoms with Crippen molar-refractivity contribution in [3.63, 3.8) is 0 Å². The van der Waals surface area contributed by atoms with E-state index in [-0.39, 0.29) is 11.4 Å². The number of sulfonamides is 1. The minimum absolute atomic E-state index is 0.245. The molecule has 0 heterocycles. The number of hydrogen-bond donors (Lipinski definition) is 2. The summed E-state index contributed by atoms with van der Waals surface area (Å²) in [5.74, 6) is -0.525. The SMILES string of the molecule is CC(O)(CNS(=O)(=O)c1ccc(OC(F)(F)F)cc1)c1ccccc1. The van der Waals surface area contributed by atoms with Gasteiger partial charge in [0.25, 0.3) is 0 Å². The lowest BCUT2D eigenvalue weighted by Crippen LogP contribution is -2.38. The average Bonchev–Trinajstić information content (AvgIpc) is 2.53. The number of alkyl halides is 3. The van der Waals surface area contributed by atoms with Gasteiger partial charge in [-0.1, -0.05) is 30.3 Å². The normalized spacial score (nSPS) is 14.8. The number of halogens is 3. The zero-order valence-corrected chi connectivity index (χ0v) is 13.9. The van der Waals surface area contributed by atoms with Crippen molar-refractivity contribution in [2.45, 2.75) is 23.8 Å². The molecule has 0 saturated carbocycles. The Kier molecular flexibility index (Phi) is 5.40. The van der Waals surface area contributed by atoms with Crippen LogP contribution < -0.4 is 9.46 Å². The molecule has 2 aromatic carbocycles. The molecular formula is C16H16F3NO4S. The summed E-state index contributed by atoms with van der Waals surface area (Å²) < 4.78 is 66.7. The second-order valence-corrected chi connectivity index (χ2v) is 7.25. The summed E-state index contributed by atoms with van der Waals surface area (Å²) in [4.78, 5) is -0.245. The lowest BCUT2D eigenvalue weighted by Gasteiger charge is -2.24. The highest BCUT2D eigenvalue weighted by atomic mass is 32.2. The standard InChI is InChI=1S/C16H16F3NO4S/c1-15(21,12-5-3-2-4-6-12)11-20-25(22,23)14-9-7-13(8-10-14)24-16(17,18)19/h2-10,20-21H,11H2,1H3. The average molecular weight is 375 g/mol. The number of nitrogens with one attached hydrogen (secondary N) is 1. The van der Waals surface area contributed by atoms with Crippen molar-refractivity contribution >= 4 is 10.0 Å². The summed E-state index contributed by atoms with van der Waals surface area (Å²) in [5.41, 5.74) is -0.931. The van der Waals surface area contributed by atoms with Crippen molar-refractivity contribution in [3.8, 4) is 5.75 Å². The summed E-state index contributed by atoms with van der Waals surface area (Å²) >= 11 is 0. The Morgan fingerprint density at radius 2 is 1.60 bits per heavy atom. The quantitative estimate of drug-likeness (QED) is 0.814. The minimum Gasteiger partial charge on any atom is -0.406 e. The molecule has 9 heteroatoms. The van der Waals surface area contributed by atoms with Gasteiger partial charge in [-0.2, -0.15) is 0 Å². The summed E-state index contributed by atoms with van der Waals surface area (Å²) in [5, 5.41) is 10.4. The van der Waals surface area contributed by atoms with Crippen LogP contribution in [0.3, 0.4) is 0 Å². The van der Waals surface area contributed by atoms with E-state index in [0.29, 0.717) is 5.56 Å². The molecule has 0 aliphatic heterocycles. The number of ether oxygens (including phenoxy) is 1. The van der Waals surface area contributed by atoms with Crippen LogP contribution in [0.1, 0.15) is 12.5 Å². The van der Waals surface area contributed by atoms with Crippen LogP contribution in [0.15, 0.2) is 59.5 Å². The summed E-state index contributed by atoms with van der Waals surface area (Å²) in [7, 11) is -4.01. The maximum atomic E-state index is 12.2. The molecule has 0 fully saturated rings. The summed E-state index contributed by atoms with van der Waals surface area (Å²) in [6.45, 7) is 1.14. The van der Waals surface area contributed by atoms with Crippen molar-refractivity contribution in [2.24, 2.45) is 0 Å². The zero-order chi connectivity index (χ0) is 18.7. The molecule has 0 saturated heterocycles. The molecule has 0 spiro atoms. The Bertz CT molecular complexity index is 804. The first kappa shape index (κ1) is 19.2. The highest BCUT2D eigenvalue weighted by molar-refractivity contribution is 7.89. The fourth-order valence-corrected chi connectivity index (χ4v) is 3.17. The predicted octanol–water partition coefficient (Wildman–Crippen LogP) is 2.77. The molecule has 0 amide bonds. The molecule has 5 nitrogen and oxygen atoms in total. The molecule has 25 heavy (non-hydrogen) atoms. The van der Waals surface area contributed by atoms with Crippen LogP contribution in [-0.4, -0.2) is 26.4 Å². The van der Waals surface area contributed by atoms with Gasteiger partial charge in [0.1, 0.15) is 11.4 Å². The third kappa shape index (κ3) is 5.45. The second kappa shape index (κ2) is 7.03. The van der Waals surface area contributed by atoms with Crippen LogP contribution in [-0.2, 0) is 15.6 Å². The van der Waals surface area contributed by atoms with Crippen molar-refractivity contribution in [1.29, 1.82) is 0 Å². The number of benzene rings is 2. The molecule has 2 aromatic rings. The van der Waals surface area contributed by atoms with E-state index in [1.165, 1.54) is 6.92 Å². The number of hydrogen-bond acceptors (Lipinski definition) is 4. The van der Waals surface area contributed by atoms with E-state index in [1.54, 1.807) is 30.3 Å². The van der Waals surface area contributed by atoms with Crippen LogP contribution in [0.5, 0.6) is 5.75 Å². The highest BCUT2D eigenvalue weighted by Gasteiger charge is 2.31. The predicted molar refractivity (Wildman–Crippen MR) is 84.3 cm³/mol. The maximum absolute atomic E-state index is 12.2. The van der Waals surface area contributed by atoms with E-state index in [9.17, 15) is 26.7 Å². The Hall–Kier alpha value is -2.10. The lowest BCUT2D eigenvalue weighted by molar-refractivity contribution is -0.274. The third-order valence-electron chi connectivity index (χ3n) is 3.37. The first-order chi connectivity index (χ1) is 11.5. The van der Waals surface area contributed by atoms with Crippen LogP contribution in [0.4, 0.5) is 13.2 Å². The molecule has 136 valence electrons. The summed E-state index contributed by atoms with van der Waals surface area (Å²) in [6.07, 6.45) is -4.85. The van der Waals surface area contributed by atoms with Gasteiger partial charge in [-0.05, 0) is 36.8 Å². The van der Waals surface area contributed by atoms with Gasteiger partial charge >= 0.3 is 6.36 Å². The molecule has 2 N–H and O–H groups in total. The van der Waals surface area contributed by atoms with Crippen LogP contribution in [0.2, 0.25) is 0 Å². The van der Waals surface area contributed by atoms with Crippen LogP contribution >= 0.6 is 0 Å². The fraction of sp³-hybridized carbons (Fsp3) is 0.250. The van der Waals surface area contributed by atoms with E-state index >= 15 is 0 Å². The third-order valence-corrected chi connectivity index (χ3v) is 4.79.